The molecule has 0 amide bonds. The topological polar surface area (TPSA) is 48.3 Å². The van der Waals surface area contributed by atoms with Crippen LogP contribution in [-0.4, -0.2) is 22.4 Å². The van der Waals surface area contributed by atoms with Crippen molar-refractivity contribution in [3.05, 3.63) is 64.5 Å². The Labute approximate surface area is 154 Å². The van der Waals surface area contributed by atoms with Crippen molar-refractivity contribution in [2.75, 3.05) is 0 Å². The summed E-state index contributed by atoms with van der Waals surface area (Å²) in [6.45, 7) is 7.72. The Hall–Kier alpha value is -2.62. The van der Waals surface area contributed by atoms with Gasteiger partial charge in [-0.2, -0.15) is 0 Å². The number of benzene rings is 1. The lowest BCUT2D eigenvalue weighted by Gasteiger charge is -2.11. The standard InChI is InChI=1S/C22H25NO3/c1-14-5-7-18(8-6-14)22(25)17(4)26-21(24)12-9-19-13-15(2)23(16(19)3)20-10-11-20/h5-9,12-13,17,20H,10-11H2,1-4H3/b12-9+/t17-/m0/s1. The molecule has 0 unspecified atom stereocenters. The number of aryl methyl sites for hydroxylation is 2. The fraction of sp³-hybridized carbons (Fsp3) is 0.364. The maximum atomic E-state index is 12.3. The van der Waals surface area contributed by atoms with E-state index in [1.165, 1.54) is 24.6 Å². The van der Waals surface area contributed by atoms with Crippen molar-refractivity contribution in [1.82, 2.24) is 4.57 Å². The summed E-state index contributed by atoms with van der Waals surface area (Å²) in [5.74, 6) is -0.701. The van der Waals surface area contributed by atoms with E-state index >= 15 is 0 Å². The predicted octanol–water partition coefficient (Wildman–Crippen LogP) is 4.58. The van der Waals surface area contributed by atoms with Gasteiger partial charge in [-0.05, 0) is 58.2 Å². The summed E-state index contributed by atoms with van der Waals surface area (Å²) in [7, 11) is 0. The van der Waals surface area contributed by atoms with E-state index in [-0.39, 0.29) is 5.78 Å². The van der Waals surface area contributed by atoms with Gasteiger partial charge in [0.05, 0.1) is 0 Å². The third kappa shape index (κ3) is 3.96. The molecule has 136 valence electrons. The number of ketones is 1. The summed E-state index contributed by atoms with van der Waals surface area (Å²) < 4.78 is 7.60. The van der Waals surface area contributed by atoms with Gasteiger partial charge >= 0.3 is 5.97 Å². The van der Waals surface area contributed by atoms with Gasteiger partial charge in [0, 0.05) is 29.1 Å². The van der Waals surface area contributed by atoms with Gasteiger partial charge in [-0.3, -0.25) is 4.79 Å². The Morgan fingerprint density at radius 1 is 1.15 bits per heavy atom. The van der Waals surface area contributed by atoms with E-state index in [9.17, 15) is 9.59 Å². The molecule has 0 aliphatic heterocycles. The first-order chi connectivity index (χ1) is 12.4. The molecule has 0 spiro atoms. The fourth-order valence-corrected chi connectivity index (χ4v) is 3.24. The molecule has 1 aliphatic rings. The summed E-state index contributed by atoms with van der Waals surface area (Å²) in [5.41, 5.74) is 5.02. The quantitative estimate of drug-likeness (QED) is 0.435. The summed E-state index contributed by atoms with van der Waals surface area (Å²) in [4.78, 5) is 24.4. The van der Waals surface area contributed by atoms with Crippen LogP contribution in [0.2, 0.25) is 0 Å². The number of esters is 1. The zero-order valence-electron chi connectivity index (χ0n) is 15.8. The van der Waals surface area contributed by atoms with E-state index < -0.39 is 12.1 Å². The molecular weight excluding hydrogens is 326 g/mol. The van der Waals surface area contributed by atoms with Crippen LogP contribution in [-0.2, 0) is 9.53 Å². The molecule has 4 nitrogen and oxygen atoms in total. The molecule has 0 radical (unpaired) electrons. The van der Waals surface area contributed by atoms with Crippen LogP contribution in [0.1, 0.15) is 58.7 Å². The third-order valence-electron chi connectivity index (χ3n) is 4.83. The zero-order chi connectivity index (χ0) is 18.8. The van der Waals surface area contributed by atoms with E-state index in [0.29, 0.717) is 11.6 Å². The van der Waals surface area contributed by atoms with E-state index in [1.54, 1.807) is 25.1 Å². The van der Waals surface area contributed by atoms with E-state index in [4.69, 9.17) is 4.74 Å². The molecule has 0 bridgehead atoms. The van der Waals surface area contributed by atoms with E-state index in [0.717, 1.165) is 16.8 Å². The largest absolute Gasteiger partial charge is 0.451 e. The minimum Gasteiger partial charge on any atom is -0.451 e. The van der Waals surface area contributed by atoms with Gasteiger partial charge in [0.2, 0.25) is 5.78 Å². The molecule has 1 aromatic heterocycles. The van der Waals surface area contributed by atoms with Crippen molar-refractivity contribution in [3.63, 3.8) is 0 Å². The predicted molar refractivity (Wildman–Crippen MR) is 102 cm³/mol. The van der Waals surface area contributed by atoms with Crippen molar-refractivity contribution >= 4 is 17.8 Å². The smallest absolute Gasteiger partial charge is 0.331 e. The first kappa shape index (κ1) is 18.2. The second-order valence-corrected chi connectivity index (χ2v) is 7.07. The van der Waals surface area contributed by atoms with Crippen LogP contribution in [0.3, 0.4) is 0 Å². The van der Waals surface area contributed by atoms with Crippen molar-refractivity contribution in [1.29, 1.82) is 0 Å². The maximum Gasteiger partial charge on any atom is 0.331 e. The van der Waals surface area contributed by atoms with Gasteiger partial charge in [0.1, 0.15) is 0 Å². The summed E-state index contributed by atoms with van der Waals surface area (Å²) in [6.07, 6.45) is 4.80. The molecule has 1 heterocycles. The van der Waals surface area contributed by atoms with Crippen LogP contribution in [0.25, 0.3) is 6.08 Å². The Bertz CT molecular complexity index is 854. The Morgan fingerprint density at radius 2 is 1.81 bits per heavy atom. The summed E-state index contributed by atoms with van der Waals surface area (Å²) in [5, 5.41) is 0. The van der Waals surface area contributed by atoms with Crippen molar-refractivity contribution < 1.29 is 14.3 Å². The number of carbonyl (C=O) groups is 2. The van der Waals surface area contributed by atoms with Gasteiger partial charge < -0.3 is 9.30 Å². The zero-order valence-corrected chi connectivity index (χ0v) is 15.8. The number of Topliss-reactive ketones (excluding diaryl/α,β-unsaturated/α-hetero) is 1. The number of aromatic nitrogens is 1. The lowest BCUT2D eigenvalue weighted by molar-refractivity contribution is -0.140. The van der Waals surface area contributed by atoms with Crippen molar-refractivity contribution in [3.8, 4) is 0 Å². The molecule has 0 saturated heterocycles. The van der Waals surface area contributed by atoms with Crippen molar-refractivity contribution in [2.45, 2.75) is 52.7 Å². The normalized spacial score (nSPS) is 15.2. The van der Waals surface area contributed by atoms with Crippen LogP contribution in [0, 0.1) is 20.8 Å². The lowest BCUT2D eigenvalue weighted by atomic mass is 10.1. The van der Waals surface area contributed by atoms with Gasteiger partial charge in [0.15, 0.2) is 6.10 Å². The van der Waals surface area contributed by atoms with Gasteiger partial charge in [-0.1, -0.05) is 29.8 Å². The van der Waals surface area contributed by atoms with Crippen molar-refractivity contribution in [2.24, 2.45) is 0 Å². The summed E-state index contributed by atoms with van der Waals surface area (Å²) in [6, 6.07) is 9.94. The number of hydrogen-bond donors (Lipinski definition) is 0. The number of carbonyl (C=O) groups excluding carboxylic acids is 2. The fourth-order valence-electron chi connectivity index (χ4n) is 3.24. The SMILES string of the molecule is Cc1ccc(C(=O)[C@H](C)OC(=O)/C=C/c2cc(C)n(C3CC3)c2C)cc1. The second kappa shape index (κ2) is 7.32. The molecule has 2 aromatic rings. The average Bonchev–Trinajstić information content (AvgIpc) is 3.39. The monoisotopic (exact) mass is 351 g/mol. The molecule has 0 N–H and O–H groups in total. The molecule has 4 heteroatoms. The average molecular weight is 351 g/mol. The third-order valence-corrected chi connectivity index (χ3v) is 4.83. The molecule has 3 rings (SSSR count). The molecular formula is C22H25NO3. The number of nitrogens with zero attached hydrogens (tertiary/aromatic N) is 1. The molecule has 1 fully saturated rings. The van der Waals surface area contributed by atoms with Crippen LogP contribution in [0.15, 0.2) is 36.4 Å². The van der Waals surface area contributed by atoms with E-state index in [1.807, 2.05) is 19.1 Å². The molecule has 1 aromatic carbocycles. The molecule has 1 saturated carbocycles. The first-order valence-electron chi connectivity index (χ1n) is 9.05. The van der Waals surface area contributed by atoms with Crippen LogP contribution < -0.4 is 0 Å². The number of rotatable bonds is 6. The highest BCUT2D eigenvalue weighted by atomic mass is 16.5. The molecule has 1 aliphatic carbocycles. The van der Waals surface area contributed by atoms with E-state index in [2.05, 4.69) is 24.5 Å². The number of ether oxygens (including phenoxy) is 1. The Kier molecular flexibility index (Phi) is 5.12. The van der Waals surface area contributed by atoms with Crippen LogP contribution >= 0.6 is 0 Å². The highest BCUT2D eigenvalue weighted by Gasteiger charge is 2.26. The van der Waals surface area contributed by atoms with Crippen LogP contribution in [0.4, 0.5) is 0 Å². The highest BCUT2D eigenvalue weighted by molar-refractivity contribution is 6.01. The first-order valence-corrected chi connectivity index (χ1v) is 9.05. The van der Waals surface area contributed by atoms with Crippen LogP contribution in [0.5, 0.6) is 0 Å². The number of hydrogen-bond acceptors (Lipinski definition) is 3. The molecule has 1 atom stereocenters. The highest BCUT2D eigenvalue weighted by Crippen LogP contribution is 2.38. The minimum atomic E-state index is -0.811. The lowest BCUT2D eigenvalue weighted by Crippen LogP contribution is -2.23. The summed E-state index contributed by atoms with van der Waals surface area (Å²) >= 11 is 0. The Morgan fingerprint density at radius 3 is 2.42 bits per heavy atom. The maximum absolute atomic E-state index is 12.3. The van der Waals surface area contributed by atoms with Gasteiger partial charge in [-0.15, -0.1) is 0 Å². The molecule has 26 heavy (non-hydrogen) atoms. The van der Waals surface area contributed by atoms with Gasteiger partial charge in [0.25, 0.3) is 0 Å². The second-order valence-electron chi connectivity index (χ2n) is 7.07. The minimum absolute atomic E-state index is 0.196. The van der Waals surface area contributed by atoms with Gasteiger partial charge in [-0.25, -0.2) is 4.79 Å². The Balaban J connectivity index is 1.63.